The van der Waals surface area contributed by atoms with Gasteiger partial charge in [0.15, 0.2) is 0 Å². The van der Waals surface area contributed by atoms with Crippen LogP contribution in [0, 0.1) is 13.8 Å². The minimum atomic E-state index is -0.0833. The van der Waals surface area contributed by atoms with Gasteiger partial charge in [-0.2, -0.15) is 0 Å². The zero-order chi connectivity index (χ0) is 19.4. The topological polar surface area (TPSA) is 80.9 Å². The summed E-state index contributed by atoms with van der Waals surface area (Å²) in [5, 5.41) is 0. The number of nitrogens with one attached hydrogen (secondary N) is 2. The normalized spacial score (nSPS) is 11.1. The maximum Gasteiger partial charge on any atom is 0.274 e. The van der Waals surface area contributed by atoms with E-state index in [0.29, 0.717) is 24.6 Å². The van der Waals surface area contributed by atoms with Gasteiger partial charge in [-0.25, -0.2) is 9.97 Å². The van der Waals surface area contributed by atoms with Crippen LogP contribution in [0.25, 0.3) is 11.4 Å². The molecule has 2 aromatic heterocycles. The zero-order valence-electron chi connectivity index (χ0n) is 16.3. The number of amides is 1. The molecule has 0 bridgehead atoms. The standard InChI is InChI=1S/C20H26N6O/c1-14-18(24-19(22-14)16-8-6-5-7-9-16)20(27)26(11-10-25(3)4)13-17-12-21-15(2)23-17/h5-9,12H,10-11,13H2,1-4H3,(H,21,23)(H,22,24). The van der Waals surface area contributed by atoms with Crippen molar-refractivity contribution in [2.45, 2.75) is 20.4 Å². The van der Waals surface area contributed by atoms with Crippen molar-refractivity contribution in [3.8, 4) is 11.4 Å². The third-order valence-corrected chi connectivity index (χ3v) is 4.36. The molecule has 0 saturated heterocycles. The molecule has 7 heteroatoms. The quantitative estimate of drug-likeness (QED) is 0.673. The van der Waals surface area contributed by atoms with Crippen LogP contribution in [0.5, 0.6) is 0 Å². The molecule has 0 saturated carbocycles. The van der Waals surface area contributed by atoms with Gasteiger partial charge in [0.2, 0.25) is 0 Å². The molecule has 0 atom stereocenters. The molecule has 0 fully saturated rings. The number of aromatic nitrogens is 4. The molecule has 142 valence electrons. The number of hydrogen-bond donors (Lipinski definition) is 2. The Morgan fingerprint density at radius 2 is 1.81 bits per heavy atom. The van der Waals surface area contributed by atoms with Crippen molar-refractivity contribution in [2.75, 3.05) is 27.2 Å². The molecule has 0 aliphatic heterocycles. The van der Waals surface area contributed by atoms with Crippen molar-refractivity contribution in [3.05, 3.63) is 59.4 Å². The Hall–Kier alpha value is -2.93. The maximum absolute atomic E-state index is 13.2. The molecule has 0 unspecified atom stereocenters. The molecule has 27 heavy (non-hydrogen) atoms. The van der Waals surface area contributed by atoms with E-state index >= 15 is 0 Å². The predicted octanol–water partition coefficient (Wildman–Crippen LogP) is 2.62. The molecule has 0 aliphatic rings. The number of rotatable bonds is 7. The third-order valence-electron chi connectivity index (χ3n) is 4.36. The van der Waals surface area contributed by atoms with Gasteiger partial charge in [-0.1, -0.05) is 30.3 Å². The lowest BCUT2D eigenvalue weighted by molar-refractivity contribution is 0.0724. The highest BCUT2D eigenvalue weighted by Gasteiger charge is 2.22. The van der Waals surface area contributed by atoms with Crippen LogP contribution in [0.2, 0.25) is 0 Å². The molecule has 2 heterocycles. The largest absolute Gasteiger partial charge is 0.345 e. The van der Waals surface area contributed by atoms with Gasteiger partial charge in [0.05, 0.1) is 18.4 Å². The molecular formula is C20H26N6O. The van der Waals surface area contributed by atoms with E-state index < -0.39 is 0 Å². The second-order valence-electron chi connectivity index (χ2n) is 6.95. The first-order valence-corrected chi connectivity index (χ1v) is 9.00. The minimum Gasteiger partial charge on any atom is -0.345 e. The fourth-order valence-electron chi connectivity index (χ4n) is 2.88. The van der Waals surface area contributed by atoms with Crippen molar-refractivity contribution in [3.63, 3.8) is 0 Å². The van der Waals surface area contributed by atoms with E-state index in [2.05, 4.69) is 24.8 Å². The second-order valence-corrected chi connectivity index (χ2v) is 6.95. The summed E-state index contributed by atoms with van der Waals surface area (Å²) >= 11 is 0. The predicted molar refractivity (Wildman–Crippen MR) is 105 cm³/mol. The first kappa shape index (κ1) is 18.8. The van der Waals surface area contributed by atoms with Crippen molar-refractivity contribution in [1.82, 2.24) is 29.7 Å². The van der Waals surface area contributed by atoms with Gasteiger partial charge in [-0.3, -0.25) is 4.79 Å². The van der Waals surface area contributed by atoms with Crippen LogP contribution >= 0.6 is 0 Å². The Kier molecular flexibility index (Phi) is 5.71. The van der Waals surface area contributed by atoms with Gasteiger partial charge in [0.25, 0.3) is 5.91 Å². The lowest BCUT2D eigenvalue weighted by Gasteiger charge is -2.23. The van der Waals surface area contributed by atoms with E-state index in [1.54, 1.807) is 6.20 Å². The number of aryl methyl sites for hydroxylation is 2. The van der Waals surface area contributed by atoms with E-state index in [4.69, 9.17) is 0 Å². The van der Waals surface area contributed by atoms with Crippen LogP contribution in [0.4, 0.5) is 0 Å². The highest BCUT2D eigenvalue weighted by molar-refractivity contribution is 5.94. The van der Waals surface area contributed by atoms with E-state index in [9.17, 15) is 4.79 Å². The molecular weight excluding hydrogens is 340 g/mol. The lowest BCUT2D eigenvalue weighted by Crippen LogP contribution is -2.36. The number of H-pyrrole nitrogens is 2. The monoisotopic (exact) mass is 366 g/mol. The van der Waals surface area contributed by atoms with Crippen molar-refractivity contribution in [1.29, 1.82) is 0 Å². The summed E-state index contributed by atoms with van der Waals surface area (Å²) in [6, 6.07) is 9.82. The Labute approximate surface area is 159 Å². The fraction of sp³-hybridized carbons (Fsp3) is 0.350. The number of hydrogen-bond acceptors (Lipinski definition) is 4. The molecule has 1 amide bonds. The Bertz CT molecular complexity index is 896. The Morgan fingerprint density at radius 3 is 2.44 bits per heavy atom. The van der Waals surface area contributed by atoms with E-state index in [1.807, 2.05) is 63.2 Å². The number of carbonyl (C=O) groups excluding carboxylic acids is 1. The SMILES string of the molecule is Cc1ncc(CN(CCN(C)C)C(=O)c2nc(-c3ccccc3)[nH]c2C)[nH]1. The summed E-state index contributed by atoms with van der Waals surface area (Å²) in [6.07, 6.45) is 1.78. The van der Waals surface area contributed by atoms with Gasteiger partial charge in [-0.05, 0) is 27.9 Å². The number of nitrogens with zero attached hydrogens (tertiary/aromatic N) is 4. The van der Waals surface area contributed by atoms with E-state index in [1.165, 1.54) is 0 Å². The summed E-state index contributed by atoms with van der Waals surface area (Å²) in [7, 11) is 3.99. The van der Waals surface area contributed by atoms with Crippen molar-refractivity contribution < 1.29 is 4.79 Å². The maximum atomic E-state index is 13.2. The van der Waals surface area contributed by atoms with Gasteiger partial charge >= 0.3 is 0 Å². The molecule has 2 N–H and O–H groups in total. The first-order chi connectivity index (χ1) is 12.9. The average Bonchev–Trinajstić information content (AvgIpc) is 3.24. The van der Waals surface area contributed by atoms with Crippen LogP contribution in [0.3, 0.4) is 0 Å². The molecule has 3 aromatic rings. The van der Waals surface area contributed by atoms with Gasteiger partial charge in [-0.15, -0.1) is 0 Å². The van der Waals surface area contributed by atoms with Gasteiger partial charge < -0.3 is 19.8 Å². The summed E-state index contributed by atoms with van der Waals surface area (Å²) in [5.74, 6) is 1.47. The van der Waals surface area contributed by atoms with Crippen LogP contribution < -0.4 is 0 Å². The number of imidazole rings is 2. The fourth-order valence-corrected chi connectivity index (χ4v) is 2.88. The average molecular weight is 366 g/mol. The summed E-state index contributed by atoms with van der Waals surface area (Å²) in [5.41, 5.74) is 3.11. The molecule has 0 radical (unpaired) electrons. The third kappa shape index (κ3) is 4.62. The van der Waals surface area contributed by atoms with Crippen molar-refractivity contribution in [2.24, 2.45) is 0 Å². The van der Waals surface area contributed by atoms with Crippen LogP contribution in [0.15, 0.2) is 36.5 Å². The smallest absolute Gasteiger partial charge is 0.274 e. The van der Waals surface area contributed by atoms with E-state index in [0.717, 1.165) is 29.3 Å². The second kappa shape index (κ2) is 8.18. The Morgan fingerprint density at radius 1 is 1.07 bits per heavy atom. The zero-order valence-corrected chi connectivity index (χ0v) is 16.3. The number of likely N-dealkylation sites (N-methyl/N-ethyl adjacent to an activating group) is 1. The highest BCUT2D eigenvalue weighted by atomic mass is 16.2. The van der Waals surface area contributed by atoms with E-state index in [-0.39, 0.29) is 5.91 Å². The van der Waals surface area contributed by atoms with Crippen LogP contribution in [-0.4, -0.2) is 62.8 Å². The van der Waals surface area contributed by atoms with Crippen molar-refractivity contribution >= 4 is 5.91 Å². The summed E-state index contributed by atoms with van der Waals surface area (Å²) in [6.45, 7) is 5.64. The number of benzene rings is 1. The van der Waals surface area contributed by atoms with Crippen LogP contribution in [-0.2, 0) is 6.54 Å². The molecule has 7 nitrogen and oxygen atoms in total. The van der Waals surface area contributed by atoms with Gasteiger partial charge in [0, 0.05) is 24.3 Å². The highest BCUT2D eigenvalue weighted by Crippen LogP contribution is 2.19. The molecule has 1 aromatic carbocycles. The molecule has 0 aliphatic carbocycles. The first-order valence-electron chi connectivity index (χ1n) is 9.00. The number of carbonyl (C=O) groups is 1. The van der Waals surface area contributed by atoms with Gasteiger partial charge in [0.1, 0.15) is 17.3 Å². The molecule has 3 rings (SSSR count). The lowest BCUT2D eigenvalue weighted by atomic mass is 10.2. The summed E-state index contributed by atoms with van der Waals surface area (Å²) in [4.78, 5) is 32.4. The molecule has 0 spiro atoms. The minimum absolute atomic E-state index is 0.0833. The Balaban J connectivity index is 1.85. The van der Waals surface area contributed by atoms with Crippen LogP contribution in [0.1, 0.15) is 27.7 Å². The number of aromatic amines is 2. The summed E-state index contributed by atoms with van der Waals surface area (Å²) < 4.78 is 0.